The van der Waals surface area contributed by atoms with Crippen molar-refractivity contribution in [2.24, 2.45) is 0 Å². The van der Waals surface area contributed by atoms with E-state index in [0.717, 1.165) is 0 Å². The summed E-state index contributed by atoms with van der Waals surface area (Å²) in [6.45, 7) is 2.63. The summed E-state index contributed by atoms with van der Waals surface area (Å²) in [5, 5.41) is 5.87. The maximum absolute atomic E-state index is 13.8. The van der Waals surface area contributed by atoms with Crippen LogP contribution < -0.4 is 16.4 Å². The van der Waals surface area contributed by atoms with Crippen LogP contribution in [0, 0.1) is 5.82 Å². The molecule has 2 rings (SSSR count). The number of nitrogens with two attached hydrogens (primary N) is 1. The van der Waals surface area contributed by atoms with Crippen LogP contribution in [0.5, 0.6) is 0 Å². The Morgan fingerprint density at radius 3 is 2.79 bits per heavy atom. The van der Waals surface area contributed by atoms with Crippen LogP contribution in [0.25, 0.3) is 0 Å². The second kappa shape index (κ2) is 5.71. The summed E-state index contributed by atoms with van der Waals surface area (Å²) in [4.78, 5) is 7.99. The van der Waals surface area contributed by atoms with E-state index >= 15 is 0 Å². The molecule has 0 unspecified atom stereocenters. The van der Waals surface area contributed by atoms with Crippen LogP contribution in [0.1, 0.15) is 6.92 Å². The van der Waals surface area contributed by atoms with E-state index < -0.39 is 5.82 Å². The van der Waals surface area contributed by atoms with Crippen LogP contribution in [-0.2, 0) is 0 Å². The van der Waals surface area contributed by atoms with Gasteiger partial charge in [0.2, 0.25) is 5.95 Å². The zero-order valence-corrected chi connectivity index (χ0v) is 11.0. The molecule has 0 saturated carbocycles. The third-order valence-corrected chi connectivity index (χ3v) is 2.61. The number of hydrogen-bond donors (Lipinski definition) is 3. The molecule has 19 heavy (non-hydrogen) atoms. The quantitative estimate of drug-likeness (QED) is 0.803. The van der Waals surface area contributed by atoms with Crippen molar-refractivity contribution in [2.75, 3.05) is 22.9 Å². The van der Waals surface area contributed by atoms with Gasteiger partial charge in [-0.25, -0.2) is 4.39 Å². The van der Waals surface area contributed by atoms with Crippen molar-refractivity contribution in [3.05, 3.63) is 35.1 Å². The van der Waals surface area contributed by atoms with Crippen LogP contribution in [0.3, 0.4) is 0 Å². The first kappa shape index (κ1) is 13.4. The van der Waals surface area contributed by atoms with Crippen molar-refractivity contribution in [3.63, 3.8) is 0 Å². The predicted octanol–water partition coefficient (Wildman–Crippen LogP) is 3.03. The van der Waals surface area contributed by atoms with Crippen LogP contribution in [0.15, 0.2) is 24.3 Å². The maximum atomic E-state index is 13.8. The molecule has 100 valence electrons. The number of anilines is 4. The molecule has 7 heteroatoms. The monoisotopic (exact) mass is 281 g/mol. The Bertz CT molecular complexity index is 590. The van der Waals surface area contributed by atoms with Gasteiger partial charge in [0, 0.05) is 12.6 Å². The lowest BCUT2D eigenvalue weighted by molar-refractivity contribution is 0.632. The van der Waals surface area contributed by atoms with Crippen LogP contribution in [-0.4, -0.2) is 16.5 Å². The molecule has 0 bridgehead atoms. The summed E-state index contributed by atoms with van der Waals surface area (Å²) >= 11 is 5.71. The van der Waals surface area contributed by atoms with Gasteiger partial charge in [0.25, 0.3) is 0 Å². The Hall–Kier alpha value is -2.08. The summed E-state index contributed by atoms with van der Waals surface area (Å²) in [6, 6.07) is 6.32. The lowest BCUT2D eigenvalue weighted by Gasteiger charge is -2.10. The van der Waals surface area contributed by atoms with Crippen LogP contribution >= 0.6 is 11.6 Å². The Labute approximate surface area is 115 Å². The van der Waals surface area contributed by atoms with Gasteiger partial charge < -0.3 is 16.4 Å². The first-order valence-corrected chi connectivity index (χ1v) is 6.07. The molecule has 0 saturated heterocycles. The second-order valence-corrected chi connectivity index (χ2v) is 4.16. The molecular formula is C12H13ClFN5. The Balaban J connectivity index is 2.30. The molecule has 1 aromatic heterocycles. The van der Waals surface area contributed by atoms with E-state index in [0.29, 0.717) is 18.2 Å². The van der Waals surface area contributed by atoms with Crippen molar-refractivity contribution in [1.29, 1.82) is 0 Å². The summed E-state index contributed by atoms with van der Waals surface area (Å²) in [6.07, 6.45) is 0. The molecule has 4 N–H and O–H groups in total. The molecular weight excluding hydrogens is 269 g/mol. The lowest BCUT2D eigenvalue weighted by Crippen LogP contribution is -2.06. The van der Waals surface area contributed by atoms with Gasteiger partial charge in [-0.3, -0.25) is 0 Å². The van der Waals surface area contributed by atoms with Gasteiger partial charge in [-0.15, -0.1) is 0 Å². The van der Waals surface area contributed by atoms with Crippen molar-refractivity contribution < 1.29 is 4.39 Å². The van der Waals surface area contributed by atoms with Gasteiger partial charge in [0.15, 0.2) is 5.82 Å². The standard InChI is InChI=1S/C12H13ClFN5/c1-2-16-9-6-10(19-12(15)18-9)17-8-5-3-4-7(13)11(8)14/h3-6H,2H2,1H3,(H4,15,16,17,18,19). The first-order chi connectivity index (χ1) is 9.10. The normalized spacial score (nSPS) is 10.3. The zero-order valence-electron chi connectivity index (χ0n) is 10.2. The number of halogens is 2. The van der Waals surface area contributed by atoms with Crippen LogP contribution in [0.2, 0.25) is 5.02 Å². The van der Waals surface area contributed by atoms with Gasteiger partial charge >= 0.3 is 0 Å². The minimum absolute atomic E-state index is 0.0407. The maximum Gasteiger partial charge on any atom is 0.223 e. The SMILES string of the molecule is CCNc1cc(Nc2cccc(Cl)c2F)nc(N)n1. The number of nitrogen functional groups attached to an aromatic ring is 1. The van der Waals surface area contributed by atoms with Gasteiger partial charge in [-0.05, 0) is 19.1 Å². The molecule has 0 aliphatic rings. The highest BCUT2D eigenvalue weighted by molar-refractivity contribution is 6.31. The average molecular weight is 282 g/mol. The number of nitrogens with zero attached hydrogens (tertiary/aromatic N) is 2. The van der Waals surface area contributed by atoms with Gasteiger partial charge in [0.05, 0.1) is 10.7 Å². The van der Waals surface area contributed by atoms with Crippen molar-refractivity contribution in [2.45, 2.75) is 6.92 Å². The molecule has 0 fully saturated rings. The fourth-order valence-electron chi connectivity index (χ4n) is 1.54. The van der Waals surface area contributed by atoms with E-state index in [1.54, 1.807) is 18.2 Å². The van der Waals surface area contributed by atoms with Crippen molar-refractivity contribution in [3.8, 4) is 0 Å². The number of rotatable bonds is 4. The Kier molecular flexibility index (Phi) is 4.01. The smallest absolute Gasteiger partial charge is 0.223 e. The number of benzene rings is 1. The summed E-state index contributed by atoms with van der Waals surface area (Å²) in [5.74, 6) is 0.527. The highest BCUT2D eigenvalue weighted by Gasteiger charge is 2.08. The fourth-order valence-corrected chi connectivity index (χ4v) is 1.71. The van der Waals surface area contributed by atoms with E-state index in [9.17, 15) is 4.39 Å². The highest BCUT2D eigenvalue weighted by atomic mass is 35.5. The van der Waals surface area contributed by atoms with E-state index in [1.165, 1.54) is 6.07 Å². The van der Waals surface area contributed by atoms with Gasteiger partial charge in [-0.2, -0.15) is 9.97 Å². The van der Waals surface area contributed by atoms with Gasteiger partial charge in [0.1, 0.15) is 11.6 Å². The average Bonchev–Trinajstić information content (AvgIpc) is 2.35. The Morgan fingerprint density at radius 1 is 1.32 bits per heavy atom. The summed E-state index contributed by atoms with van der Waals surface area (Å²) in [7, 11) is 0. The molecule has 0 aliphatic carbocycles. The minimum Gasteiger partial charge on any atom is -0.370 e. The molecule has 0 radical (unpaired) electrons. The van der Waals surface area contributed by atoms with Crippen molar-refractivity contribution in [1.82, 2.24) is 9.97 Å². The summed E-state index contributed by atoms with van der Waals surface area (Å²) < 4.78 is 13.8. The molecule has 0 spiro atoms. The van der Waals surface area contributed by atoms with E-state index in [1.807, 2.05) is 6.92 Å². The largest absolute Gasteiger partial charge is 0.370 e. The third kappa shape index (κ3) is 3.23. The fraction of sp³-hybridized carbons (Fsp3) is 0.167. The highest BCUT2D eigenvalue weighted by Crippen LogP contribution is 2.25. The molecule has 0 amide bonds. The molecule has 1 aromatic carbocycles. The zero-order chi connectivity index (χ0) is 13.8. The second-order valence-electron chi connectivity index (χ2n) is 3.75. The predicted molar refractivity (Wildman–Crippen MR) is 75.3 cm³/mol. The minimum atomic E-state index is -0.536. The van der Waals surface area contributed by atoms with Crippen LogP contribution in [0.4, 0.5) is 27.7 Å². The topological polar surface area (TPSA) is 75.9 Å². The third-order valence-electron chi connectivity index (χ3n) is 2.32. The number of hydrogen-bond acceptors (Lipinski definition) is 5. The number of nitrogens with one attached hydrogen (secondary N) is 2. The molecule has 1 heterocycles. The Morgan fingerprint density at radius 2 is 2.05 bits per heavy atom. The van der Waals surface area contributed by atoms with E-state index in [2.05, 4.69) is 20.6 Å². The summed E-state index contributed by atoms with van der Waals surface area (Å²) in [5.41, 5.74) is 5.82. The first-order valence-electron chi connectivity index (χ1n) is 5.69. The molecule has 5 nitrogen and oxygen atoms in total. The van der Waals surface area contributed by atoms with Gasteiger partial charge in [-0.1, -0.05) is 17.7 Å². The van der Waals surface area contributed by atoms with Crippen molar-refractivity contribution >= 4 is 34.9 Å². The lowest BCUT2D eigenvalue weighted by atomic mass is 10.3. The number of aromatic nitrogens is 2. The molecule has 0 aliphatic heterocycles. The molecule has 2 aromatic rings. The van der Waals surface area contributed by atoms with E-state index in [4.69, 9.17) is 17.3 Å². The molecule has 0 atom stereocenters. The van der Waals surface area contributed by atoms with E-state index in [-0.39, 0.29) is 16.7 Å².